The van der Waals surface area contributed by atoms with Crippen LogP contribution in [0, 0.1) is 0 Å². The Morgan fingerprint density at radius 2 is 1.92 bits per heavy atom. The van der Waals surface area contributed by atoms with Crippen molar-refractivity contribution in [1.82, 2.24) is 9.97 Å². The summed E-state index contributed by atoms with van der Waals surface area (Å²) in [6.45, 7) is 2.05. The predicted octanol–water partition coefficient (Wildman–Crippen LogP) is 3.16. The molecule has 3 N–H and O–H groups in total. The van der Waals surface area contributed by atoms with Crippen LogP contribution in [0.25, 0.3) is 10.9 Å². The van der Waals surface area contributed by atoms with Gasteiger partial charge in [0.1, 0.15) is 6.33 Å². The van der Waals surface area contributed by atoms with E-state index < -0.39 is 5.97 Å². The molecule has 24 heavy (non-hydrogen) atoms. The summed E-state index contributed by atoms with van der Waals surface area (Å²) < 4.78 is 0. The first-order valence-corrected chi connectivity index (χ1v) is 7.69. The number of anilines is 1. The van der Waals surface area contributed by atoms with Gasteiger partial charge in [-0.15, -0.1) is 0 Å². The van der Waals surface area contributed by atoms with E-state index in [-0.39, 0.29) is 11.6 Å². The van der Waals surface area contributed by atoms with E-state index in [9.17, 15) is 9.90 Å². The number of nitrogens with two attached hydrogens (primary N) is 1. The molecular weight excluding hydrogens is 304 g/mol. The summed E-state index contributed by atoms with van der Waals surface area (Å²) in [5, 5.41) is 11.5. The Labute approximate surface area is 139 Å². The van der Waals surface area contributed by atoms with Crippen LogP contribution in [0.5, 0.6) is 0 Å². The van der Waals surface area contributed by atoms with E-state index >= 15 is 0 Å². The van der Waals surface area contributed by atoms with Gasteiger partial charge in [-0.2, -0.15) is 0 Å². The van der Waals surface area contributed by atoms with Crippen LogP contribution in [-0.2, 0) is 0 Å². The minimum atomic E-state index is -1.02. The lowest BCUT2D eigenvalue weighted by molar-refractivity contribution is 0.0699. The zero-order chi connectivity index (χ0) is 17.1. The van der Waals surface area contributed by atoms with E-state index in [2.05, 4.69) is 9.97 Å². The lowest BCUT2D eigenvalue weighted by atomic mass is 10.0. The maximum atomic E-state index is 11.4. The van der Waals surface area contributed by atoms with Crippen LogP contribution in [-0.4, -0.2) is 21.0 Å². The van der Waals surface area contributed by atoms with Crippen LogP contribution in [0.4, 0.5) is 5.82 Å². The van der Waals surface area contributed by atoms with Crippen LogP contribution < -0.4 is 10.9 Å². The second-order valence-corrected chi connectivity index (χ2v) is 5.45. The monoisotopic (exact) mass is 322 g/mol. The number of aromatic nitrogens is 2. The molecule has 3 aromatic rings. The molecule has 0 amide bonds. The summed E-state index contributed by atoms with van der Waals surface area (Å²) in [5.41, 5.74) is 1.59. The normalized spacial score (nSPS) is 12.1. The molecule has 1 heterocycles. The molecule has 0 spiro atoms. The summed E-state index contributed by atoms with van der Waals surface area (Å²) >= 11 is 0. The van der Waals surface area contributed by atoms with Crippen molar-refractivity contribution in [3.63, 3.8) is 0 Å². The van der Waals surface area contributed by atoms with Crippen LogP contribution in [0.15, 0.2) is 54.9 Å². The highest BCUT2D eigenvalue weighted by molar-refractivity contribution is 6.04. The Balaban J connectivity index is 2.11. The molecule has 0 aliphatic carbocycles. The minimum absolute atomic E-state index is 0.0715. The third-order valence-electron chi connectivity index (χ3n) is 4.03. The zero-order valence-corrected chi connectivity index (χ0v) is 13.3. The fourth-order valence-electron chi connectivity index (χ4n) is 2.87. The largest absolute Gasteiger partial charge is 0.478 e. The van der Waals surface area contributed by atoms with Crippen LogP contribution >= 0.6 is 0 Å². The quantitative estimate of drug-likeness (QED) is 0.554. The van der Waals surface area contributed by atoms with Gasteiger partial charge in [0, 0.05) is 5.39 Å². The summed E-state index contributed by atoms with van der Waals surface area (Å²) in [4.78, 5) is 19.8. The lowest BCUT2D eigenvalue weighted by Gasteiger charge is -2.28. The fraction of sp³-hybridized carbons (Fsp3) is 0.167. The van der Waals surface area contributed by atoms with Gasteiger partial charge in [-0.1, -0.05) is 43.3 Å². The van der Waals surface area contributed by atoms with E-state index in [1.165, 1.54) is 12.4 Å². The van der Waals surface area contributed by atoms with Crippen molar-refractivity contribution < 1.29 is 9.90 Å². The highest BCUT2D eigenvalue weighted by Crippen LogP contribution is 2.30. The van der Waals surface area contributed by atoms with Crippen molar-refractivity contribution in [1.29, 1.82) is 0 Å². The first-order valence-electron chi connectivity index (χ1n) is 7.69. The molecule has 0 fully saturated rings. The molecule has 1 aromatic heterocycles. The number of carboxylic acid groups (broad SMARTS) is 1. The van der Waals surface area contributed by atoms with Crippen molar-refractivity contribution in [2.45, 2.75) is 19.4 Å². The number of fused-ring (bicyclic) bond motifs is 1. The molecule has 0 radical (unpaired) electrons. The summed E-state index contributed by atoms with van der Waals surface area (Å²) in [5.74, 6) is 5.86. The van der Waals surface area contributed by atoms with E-state index in [0.29, 0.717) is 16.7 Å². The Kier molecular flexibility index (Phi) is 4.39. The Hall–Kier alpha value is -2.99. The topological polar surface area (TPSA) is 92.3 Å². The van der Waals surface area contributed by atoms with Gasteiger partial charge in [-0.05, 0) is 24.1 Å². The smallest absolute Gasteiger partial charge is 0.337 e. The van der Waals surface area contributed by atoms with Crippen LogP contribution in [0.1, 0.15) is 35.3 Å². The predicted molar refractivity (Wildman–Crippen MR) is 92.6 cm³/mol. The van der Waals surface area contributed by atoms with Crippen molar-refractivity contribution in [2.24, 2.45) is 5.84 Å². The fourth-order valence-corrected chi connectivity index (χ4v) is 2.87. The number of hydrogen-bond donors (Lipinski definition) is 2. The van der Waals surface area contributed by atoms with Gasteiger partial charge < -0.3 is 5.11 Å². The third-order valence-corrected chi connectivity index (χ3v) is 4.03. The number of benzene rings is 2. The molecule has 0 bridgehead atoms. The second kappa shape index (κ2) is 6.64. The second-order valence-electron chi connectivity index (χ2n) is 5.45. The summed E-state index contributed by atoms with van der Waals surface area (Å²) in [7, 11) is 0. The molecule has 0 aliphatic rings. The molecular formula is C18H18N4O2. The Bertz CT molecular complexity index is 867. The highest BCUT2D eigenvalue weighted by Gasteiger charge is 2.21. The first-order chi connectivity index (χ1) is 11.6. The van der Waals surface area contributed by atoms with E-state index in [0.717, 1.165) is 12.0 Å². The number of para-hydroxylation sites is 1. The molecule has 0 saturated carbocycles. The standard InChI is InChI=1S/C18H18N4O2/c1-2-15(12-7-4-3-5-8-12)22(19)17-13-9-6-10-14(18(23)24)16(13)20-11-21-17/h3-11,15H,2,19H2,1H3,(H,23,24)/t15-/m1/s1. The SMILES string of the molecule is CC[C@H](c1ccccc1)N(N)c1ncnc2c(C(=O)O)cccc12. The first kappa shape index (κ1) is 15.9. The number of rotatable bonds is 5. The lowest BCUT2D eigenvalue weighted by Crippen LogP contribution is -2.36. The number of aromatic carboxylic acids is 1. The average Bonchev–Trinajstić information content (AvgIpc) is 2.62. The van der Waals surface area contributed by atoms with Gasteiger partial charge >= 0.3 is 5.97 Å². The molecule has 0 unspecified atom stereocenters. The Morgan fingerprint density at radius 1 is 1.17 bits per heavy atom. The molecule has 0 aliphatic heterocycles. The van der Waals surface area contributed by atoms with Gasteiger partial charge in [-0.3, -0.25) is 5.01 Å². The number of carboxylic acids is 1. The van der Waals surface area contributed by atoms with Crippen LogP contribution in [0.3, 0.4) is 0 Å². The zero-order valence-electron chi connectivity index (χ0n) is 13.3. The van der Waals surface area contributed by atoms with Gasteiger partial charge in [0.15, 0.2) is 5.82 Å². The van der Waals surface area contributed by atoms with Gasteiger partial charge in [-0.25, -0.2) is 20.6 Å². The Morgan fingerprint density at radius 3 is 2.58 bits per heavy atom. The van der Waals surface area contributed by atoms with Crippen LogP contribution in [0.2, 0.25) is 0 Å². The third kappa shape index (κ3) is 2.79. The molecule has 6 heteroatoms. The van der Waals surface area contributed by atoms with Crippen molar-refractivity contribution in [3.05, 3.63) is 66.0 Å². The molecule has 2 aromatic carbocycles. The van der Waals surface area contributed by atoms with Crippen molar-refractivity contribution in [3.8, 4) is 0 Å². The number of hydrogen-bond acceptors (Lipinski definition) is 5. The molecule has 122 valence electrons. The summed E-state index contributed by atoms with van der Waals surface area (Å²) in [6, 6.07) is 14.8. The maximum absolute atomic E-state index is 11.4. The molecule has 6 nitrogen and oxygen atoms in total. The van der Waals surface area contributed by atoms with Gasteiger partial charge in [0.05, 0.1) is 17.1 Å². The maximum Gasteiger partial charge on any atom is 0.337 e. The van der Waals surface area contributed by atoms with E-state index in [1.807, 2.05) is 37.3 Å². The van der Waals surface area contributed by atoms with Crippen molar-refractivity contribution in [2.75, 3.05) is 5.01 Å². The minimum Gasteiger partial charge on any atom is -0.478 e. The number of nitrogens with zero attached hydrogens (tertiary/aromatic N) is 3. The average molecular weight is 322 g/mol. The molecule has 0 saturated heterocycles. The molecule has 1 atom stereocenters. The highest BCUT2D eigenvalue weighted by atomic mass is 16.4. The molecule has 3 rings (SSSR count). The van der Waals surface area contributed by atoms with Crippen molar-refractivity contribution >= 4 is 22.7 Å². The van der Waals surface area contributed by atoms with E-state index in [1.54, 1.807) is 17.1 Å². The summed E-state index contributed by atoms with van der Waals surface area (Å²) in [6.07, 6.45) is 2.13. The van der Waals surface area contributed by atoms with Gasteiger partial charge in [0.25, 0.3) is 0 Å². The van der Waals surface area contributed by atoms with Gasteiger partial charge in [0.2, 0.25) is 0 Å². The number of carbonyl (C=O) groups is 1. The van der Waals surface area contributed by atoms with E-state index in [4.69, 9.17) is 5.84 Å². The number of hydrazine groups is 1.